The predicted molar refractivity (Wildman–Crippen MR) is 259 cm³/mol. The number of nitriles is 1. The van der Waals surface area contributed by atoms with Crippen LogP contribution in [0.25, 0.3) is 16.8 Å². The van der Waals surface area contributed by atoms with Gasteiger partial charge >= 0.3 is 0 Å². The first-order valence-corrected chi connectivity index (χ1v) is 22.8. The van der Waals surface area contributed by atoms with Crippen molar-refractivity contribution in [3.63, 3.8) is 0 Å². The molecule has 0 saturated carbocycles. The minimum atomic E-state index is -0.979. The lowest BCUT2D eigenvalue weighted by atomic mass is 9.85. The number of benzene rings is 2. The number of rotatable bonds is 19. The van der Waals surface area contributed by atoms with Crippen LogP contribution in [0.1, 0.15) is 73.4 Å². The molecule has 4 atom stereocenters. The molecule has 14 nitrogen and oxygen atoms in total. The minimum Gasteiger partial charge on any atom is -0.481 e. The Balaban J connectivity index is 1.00. The number of aromatic nitrogens is 3. The summed E-state index contributed by atoms with van der Waals surface area (Å²) in [5.41, 5.74) is 5.25. The Morgan fingerprint density at radius 2 is 1.84 bits per heavy atom. The van der Waals surface area contributed by atoms with E-state index >= 15 is 0 Å². The Morgan fingerprint density at radius 1 is 1.09 bits per heavy atom. The van der Waals surface area contributed by atoms with Crippen LogP contribution in [0.15, 0.2) is 91.1 Å². The van der Waals surface area contributed by atoms with Gasteiger partial charge in [-0.25, -0.2) is 4.98 Å². The van der Waals surface area contributed by atoms with Gasteiger partial charge < -0.3 is 30.1 Å². The molecule has 1 fully saturated rings. The van der Waals surface area contributed by atoms with Crippen LogP contribution in [0.3, 0.4) is 0 Å². The fraction of sp³-hybridized carbons (Fsp3) is 0.353. The number of hydrogen-bond acceptors (Lipinski definition) is 11. The van der Waals surface area contributed by atoms with Gasteiger partial charge in [-0.05, 0) is 91.5 Å². The van der Waals surface area contributed by atoms with Gasteiger partial charge in [0.15, 0.2) is 5.78 Å². The Labute approximate surface area is 400 Å². The molecule has 1 aliphatic rings. The highest BCUT2D eigenvalue weighted by molar-refractivity contribution is 7.11. The zero-order valence-electron chi connectivity index (χ0n) is 38.2. The zero-order valence-corrected chi connectivity index (χ0v) is 39.7. The summed E-state index contributed by atoms with van der Waals surface area (Å²) in [6.45, 7) is 13.2. The number of Topliss-reactive ketones (excluding diaryl/α,β-unsaturated/α-hetero) is 1. The average molecular weight is 945 g/mol. The highest BCUT2D eigenvalue weighted by atomic mass is 35.5. The van der Waals surface area contributed by atoms with Crippen molar-refractivity contribution in [2.75, 3.05) is 26.4 Å². The number of nitrogens with zero attached hydrogens (tertiary/aromatic N) is 5. The maximum Gasteiger partial charge on any atom is 0.251 e. The molecule has 3 heterocycles. The number of aliphatic hydroxyl groups is 1. The zero-order chi connectivity index (χ0) is 48.5. The summed E-state index contributed by atoms with van der Waals surface area (Å²) < 4.78 is 12.8. The quantitative estimate of drug-likeness (QED) is 0.0517. The molecule has 5 rings (SSSR count). The number of allylic oxidation sites excluding steroid dienone is 5. The predicted octanol–water partition coefficient (Wildman–Crippen LogP) is 6.73. The summed E-state index contributed by atoms with van der Waals surface area (Å²) in [7, 11) is 0. The van der Waals surface area contributed by atoms with Crippen LogP contribution in [0.4, 0.5) is 0 Å². The number of nitrogens with one attached hydrogen (secondary N) is 2. The van der Waals surface area contributed by atoms with Crippen LogP contribution in [0.2, 0.25) is 5.02 Å². The second kappa shape index (κ2) is 24.6. The second-order valence-corrected chi connectivity index (χ2v) is 18.1. The molecule has 0 bridgehead atoms. The molecule has 3 amide bonds. The van der Waals surface area contributed by atoms with Gasteiger partial charge in [0.05, 0.1) is 51.1 Å². The number of halogens is 1. The average Bonchev–Trinajstić information content (AvgIpc) is 4.05. The van der Waals surface area contributed by atoms with Crippen LogP contribution in [-0.4, -0.2) is 98.9 Å². The van der Waals surface area contributed by atoms with Crippen LogP contribution < -0.4 is 15.4 Å². The maximum absolute atomic E-state index is 13.9. The van der Waals surface area contributed by atoms with Crippen LogP contribution >= 0.6 is 22.9 Å². The maximum atomic E-state index is 13.9. The third kappa shape index (κ3) is 15.1. The summed E-state index contributed by atoms with van der Waals surface area (Å²) in [5.74, 6) is 9.94. The fourth-order valence-electron chi connectivity index (χ4n) is 7.05. The van der Waals surface area contributed by atoms with E-state index in [0.29, 0.717) is 40.6 Å². The number of aryl methyl sites for hydroxylation is 1. The first kappa shape index (κ1) is 51.2. The molecule has 0 radical (unpaired) electrons. The standard InChI is InChI=1S/C51H54ClN7O7S/c1-7-36(47-35(3)54-33-67-47)15-11-10-12-16-45(61)44-28-40(60)31-59(44)50(64)48(51(4,5)6)56-46(62)32-65-25-13-8-9-14-26-66-41-21-19-37(20-22-41)49(63)55-34(2)30-58-24-23-43(57-58)38-17-18-39(29-53)42(52)27-38/h7,10-11,15,17-24,27,33-34,40,44,48,60H,1,12,16,25-26,28,30-32H2,2-6H3,(H,55,63)(H,56,62)/b11-10+,36-15+/t34?,40-,44+,48-/m1/s1. The van der Waals surface area contributed by atoms with E-state index in [-0.39, 0.29) is 56.9 Å². The molecule has 1 unspecified atom stereocenters. The van der Waals surface area contributed by atoms with E-state index in [1.165, 1.54) is 16.2 Å². The van der Waals surface area contributed by atoms with Crippen molar-refractivity contribution in [2.45, 2.75) is 84.7 Å². The molecular formula is C51H54ClN7O7S. The van der Waals surface area contributed by atoms with E-state index in [4.69, 9.17) is 26.3 Å². The molecular weight excluding hydrogens is 890 g/mol. The number of thiazole rings is 1. The third-order valence-corrected chi connectivity index (χ3v) is 11.8. The number of amides is 3. The topological polar surface area (TPSA) is 189 Å². The first-order chi connectivity index (χ1) is 32.1. The molecule has 1 aliphatic heterocycles. The Bertz CT molecular complexity index is 2650. The summed E-state index contributed by atoms with van der Waals surface area (Å²) in [4.78, 5) is 59.7. The number of hydrogen-bond donors (Lipinski definition) is 3. The van der Waals surface area contributed by atoms with Gasteiger partial charge in [0.25, 0.3) is 5.91 Å². The largest absolute Gasteiger partial charge is 0.481 e. The van der Waals surface area contributed by atoms with Gasteiger partial charge in [0.2, 0.25) is 11.8 Å². The van der Waals surface area contributed by atoms with E-state index in [1.54, 1.807) is 58.7 Å². The molecule has 2 aromatic carbocycles. The molecule has 0 aliphatic carbocycles. The highest BCUT2D eigenvalue weighted by Gasteiger charge is 2.44. The minimum absolute atomic E-state index is 0.00623. The number of ketones is 1. The van der Waals surface area contributed by atoms with Crippen molar-refractivity contribution in [1.29, 1.82) is 5.26 Å². The highest BCUT2D eigenvalue weighted by Crippen LogP contribution is 2.28. The Kier molecular flexibility index (Phi) is 18.8. The van der Waals surface area contributed by atoms with E-state index in [9.17, 15) is 24.3 Å². The molecule has 348 valence electrons. The molecule has 0 spiro atoms. The fourth-order valence-corrected chi connectivity index (χ4v) is 8.10. The summed E-state index contributed by atoms with van der Waals surface area (Å²) >= 11 is 7.70. The third-order valence-electron chi connectivity index (χ3n) is 10.5. The van der Waals surface area contributed by atoms with Crippen molar-refractivity contribution in [3.8, 4) is 46.8 Å². The molecule has 1 saturated heterocycles. The van der Waals surface area contributed by atoms with Crippen LogP contribution in [0.5, 0.6) is 5.75 Å². The van der Waals surface area contributed by atoms with E-state index < -0.39 is 35.4 Å². The van der Waals surface area contributed by atoms with Crippen molar-refractivity contribution >= 4 is 52.0 Å². The van der Waals surface area contributed by atoms with Gasteiger partial charge in [-0.2, -0.15) is 10.4 Å². The molecule has 67 heavy (non-hydrogen) atoms. The van der Waals surface area contributed by atoms with Crippen molar-refractivity contribution in [3.05, 3.63) is 118 Å². The molecule has 16 heteroatoms. The SMILES string of the molecule is C=C/C(=C\C=C\CCC(=O)[C@@H]1C[C@@H](O)CN1C(=O)[C@@H](NC(=O)COCC#CC#CCOc1ccc(C(=O)NC(C)Cn2ccc(-c3ccc(C#N)c(Cl)c3)n2)cc1)C(C)(C)C)c1scnc1C. The van der Waals surface area contributed by atoms with Crippen LogP contribution in [-0.2, 0) is 25.7 Å². The molecule has 2 aromatic heterocycles. The van der Waals surface area contributed by atoms with Crippen molar-refractivity contribution in [2.24, 2.45) is 5.41 Å². The number of likely N-dealkylation sites (tertiary alicyclic amines) is 1. The number of aliphatic hydroxyl groups excluding tert-OH is 1. The van der Waals surface area contributed by atoms with E-state index in [2.05, 4.69) is 51.0 Å². The van der Waals surface area contributed by atoms with Gasteiger partial charge in [0.1, 0.15) is 37.7 Å². The molecule has 3 N–H and O–H groups in total. The Hall–Kier alpha value is -6.80. The van der Waals surface area contributed by atoms with Gasteiger partial charge in [-0.3, -0.25) is 23.9 Å². The van der Waals surface area contributed by atoms with Gasteiger partial charge in [-0.15, -0.1) is 11.3 Å². The van der Waals surface area contributed by atoms with Crippen molar-refractivity contribution < 1.29 is 33.8 Å². The summed E-state index contributed by atoms with van der Waals surface area (Å²) in [5, 5.41) is 30.3. The Morgan fingerprint density at radius 3 is 2.51 bits per heavy atom. The lowest BCUT2D eigenvalue weighted by Crippen LogP contribution is -2.57. The van der Waals surface area contributed by atoms with Gasteiger partial charge in [-0.1, -0.05) is 75.2 Å². The second-order valence-electron chi connectivity index (χ2n) is 16.8. The number of ether oxygens (including phenoxy) is 2. The lowest BCUT2D eigenvalue weighted by Gasteiger charge is -2.35. The first-order valence-electron chi connectivity index (χ1n) is 21.6. The molecule has 4 aromatic rings. The number of β-amino-alcohol motifs (C(OH)–C–C–N with tert-alkyl or cyclic N) is 1. The van der Waals surface area contributed by atoms with Gasteiger partial charge in [0, 0.05) is 42.8 Å². The van der Waals surface area contributed by atoms with E-state index in [1.807, 2.05) is 71.2 Å². The lowest BCUT2D eigenvalue weighted by molar-refractivity contribution is -0.144. The number of carbonyl (C=O) groups is 4. The van der Waals surface area contributed by atoms with Crippen molar-refractivity contribution in [1.82, 2.24) is 30.3 Å². The summed E-state index contributed by atoms with van der Waals surface area (Å²) in [6.07, 6.45) is 9.15. The summed E-state index contributed by atoms with van der Waals surface area (Å²) in [6, 6.07) is 13.7. The number of carbonyl (C=O) groups excluding carboxylic acids is 4. The smallest absolute Gasteiger partial charge is 0.251 e. The monoisotopic (exact) mass is 943 g/mol. The van der Waals surface area contributed by atoms with E-state index in [0.717, 1.165) is 21.7 Å². The normalized spacial score (nSPS) is 15.6. The van der Waals surface area contributed by atoms with Crippen LogP contribution in [0, 0.1) is 47.4 Å².